The van der Waals surface area contributed by atoms with Gasteiger partial charge in [-0.1, -0.05) is 47.0 Å². The van der Waals surface area contributed by atoms with Gasteiger partial charge in [0.25, 0.3) is 0 Å². The Balaban J connectivity index is 2.13. The molecule has 0 heterocycles. The summed E-state index contributed by atoms with van der Waals surface area (Å²) in [4.78, 5) is 0. The van der Waals surface area contributed by atoms with Gasteiger partial charge in [0, 0.05) is 0 Å². The van der Waals surface area contributed by atoms with Gasteiger partial charge in [0.05, 0.1) is 0 Å². The van der Waals surface area contributed by atoms with E-state index in [0.717, 1.165) is 23.7 Å². The first-order valence-electron chi connectivity index (χ1n) is 7.11. The Morgan fingerprint density at radius 2 is 1.93 bits per heavy atom. The van der Waals surface area contributed by atoms with Crippen LogP contribution in [0.4, 0.5) is 0 Å². The molecule has 2 fully saturated rings. The second-order valence-electron chi connectivity index (χ2n) is 6.57. The minimum atomic E-state index is 0.652. The molecular formula is C15H28. The Hall–Kier alpha value is 0. The van der Waals surface area contributed by atoms with Gasteiger partial charge in [0.1, 0.15) is 0 Å². The number of fused-ring (bicyclic) bond motifs is 2. The lowest BCUT2D eigenvalue weighted by atomic mass is 9.62. The molecule has 4 atom stereocenters. The minimum absolute atomic E-state index is 0.652. The van der Waals surface area contributed by atoms with E-state index in [1.54, 1.807) is 12.8 Å². The smallest absolute Gasteiger partial charge is 0.0292 e. The highest BCUT2D eigenvalue weighted by molar-refractivity contribution is 5.03. The molecule has 2 aliphatic carbocycles. The van der Waals surface area contributed by atoms with Crippen LogP contribution in [-0.4, -0.2) is 0 Å². The zero-order valence-corrected chi connectivity index (χ0v) is 11.1. The number of hydrogen-bond acceptors (Lipinski definition) is 0. The molecule has 0 saturated heterocycles. The summed E-state index contributed by atoms with van der Waals surface area (Å²) in [6.07, 6.45) is 8.87. The van der Waals surface area contributed by atoms with Crippen LogP contribution in [0.3, 0.4) is 0 Å². The molecule has 2 rings (SSSR count). The third-order valence-electron chi connectivity index (χ3n) is 5.58. The van der Waals surface area contributed by atoms with Gasteiger partial charge in [-0.3, -0.25) is 0 Å². The first-order chi connectivity index (χ1) is 7.11. The van der Waals surface area contributed by atoms with E-state index in [1.807, 2.05) is 0 Å². The third kappa shape index (κ3) is 1.74. The molecule has 2 saturated carbocycles. The molecule has 2 aliphatic rings. The van der Waals surface area contributed by atoms with Gasteiger partial charge < -0.3 is 0 Å². The molecule has 0 amide bonds. The van der Waals surface area contributed by atoms with Crippen LogP contribution in [-0.2, 0) is 0 Å². The SMILES string of the molecule is CCCC(CC)C1C2CCC(C2)C1(C)C. The highest BCUT2D eigenvalue weighted by Crippen LogP contribution is 2.62. The third-order valence-corrected chi connectivity index (χ3v) is 5.58. The van der Waals surface area contributed by atoms with Crippen LogP contribution in [0.25, 0.3) is 0 Å². The van der Waals surface area contributed by atoms with Crippen LogP contribution in [0.1, 0.15) is 66.2 Å². The summed E-state index contributed by atoms with van der Waals surface area (Å²) < 4.78 is 0. The van der Waals surface area contributed by atoms with Gasteiger partial charge in [0.15, 0.2) is 0 Å². The summed E-state index contributed by atoms with van der Waals surface area (Å²) in [5, 5.41) is 0. The average Bonchev–Trinajstić information content (AvgIpc) is 2.73. The molecule has 0 N–H and O–H groups in total. The molecule has 88 valence electrons. The monoisotopic (exact) mass is 208 g/mol. The zero-order valence-electron chi connectivity index (χ0n) is 11.1. The molecule has 2 bridgehead atoms. The van der Waals surface area contributed by atoms with Gasteiger partial charge in [-0.25, -0.2) is 0 Å². The summed E-state index contributed by atoms with van der Waals surface area (Å²) in [6, 6.07) is 0. The Morgan fingerprint density at radius 1 is 1.20 bits per heavy atom. The topological polar surface area (TPSA) is 0 Å². The lowest BCUT2D eigenvalue weighted by Crippen LogP contribution is -2.35. The van der Waals surface area contributed by atoms with Crippen molar-refractivity contribution in [1.29, 1.82) is 0 Å². The van der Waals surface area contributed by atoms with Crippen LogP contribution in [0, 0.1) is 29.1 Å². The quantitative estimate of drug-likeness (QED) is 0.617. The number of rotatable bonds is 4. The maximum Gasteiger partial charge on any atom is -0.0292 e. The molecule has 0 radical (unpaired) electrons. The Labute approximate surface area is 95.8 Å². The van der Waals surface area contributed by atoms with Crippen molar-refractivity contribution < 1.29 is 0 Å². The highest BCUT2D eigenvalue weighted by Gasteiger charge is 2.54. The van der Waals surface area contributed by atoms with Crippen LogP contribution in [0.15, 0.2) is 0 Å². The van der Waals surface area contributed by atoms with Crippen molar-refractivity contribution in [2.75, 3.05) is 0 Å². The fraction of sp³-hybridized carbons (Fsp3) is 1.00. The summed E-state index contributed by atoms with van der Waals surface area (Å²) in [7, 11) is 0. The fourth-order valence-corrected chi connectivity index (χ4v) is 4.90. The molecule has 0 aromatic heterocycles. The fourth-order valence-electron chi connectivity index (χ4n) is 4.90. The van der Waals surface area contributed by atoms with Gasteiger partial charge >= 0.3 is 0 Å². The molecule has 0 nitrogen and oxygen atoms in total. The average molecular weight is 208 g/mol. The van der Waals surface area contributed by atoms with E-state index in [0.29, 0.717) is 5.41 Å². The molecule has 0 heteroatoms. The Kier molecular flexibility index (Phi) is 3.14. The maximum atomic E-state index is 2.56. The van der Waals surface area contributed by atoms with E-state index in [4.69, 9.17) is 0 Å². The van der Waals surface area contributed by atoms with Crippen LogP contribution in [0.5, 0.6) is 0 Å². The van der Waals surface area contributed by atoms with Crippen molar-refractivity contribution in [1.82, 2.24) is 0 Å². The summed E-state index contributed by atoms with van der Waals surface area (Å²) in [5.41, 5.74) is 0.652. The van der Waals surface area contributed by atoms with Crippen molar-refractivity contribution in [3.05, 3.63) is 0 Å². The molecule has 0 aromatic carbocycles. The predicted octanol–water partition coefficient (Wildman–Crippen LogP) is 4.89. The van der Waals surface area contributed by atoms with Crippen LogP contribution >= 0.6 is 0 Å². The van der Waals surface area contributed by atoms with E-state index < -0.39 is 0 Å². The molecular weight excluding hydrogens is 180 g/mol. The molecule has 0 aliphatic heterocycles. The largest absolute Gasteiger partial charge is 0.0654 e. The van der Waals surface area contributed by atoms with Crippen LogP contribution in [0.2, 0.25) is 0 Å². The molecule has 0 spiro atoms. The second kappa shape index (κ2) is 4.11. The Morgan fingerprint density at radius 3 is 2.40 bits per heavy atom. The van der Waals surface area contributed by atoms with Crippen LogP contribution < -0.4 is 0 Å². The zero-order chi connectivity index (χ0) is 11.1. The van der Waals surface area contributed by atoms with Gasteiger partial charge in [-0.05, 0) is 48.3 Å². The van der Waals surface area contributed by atoms with Gasteiger partial charge in [0.2, 0.25) is 0 Å². The van der Waals surface area contributed by atoms with Gasteiger partial charge in [-0.2, -0.15) is 0 Å². The molecule has 0 aromatic rings. The second-order valence-corrected chi connectivity index (χ2v) is 6.57. The minimum Gasteiger partial charge on any atom is -0.0654 e. The standard InChI is InChI=1S/C15H28/c1-5-7-11(6-2)14-12-8-9-13(10-12)15(14,3)4/h11-14H,5-10H2,1-4H3. The first kappa shape index (κ1) is 11.5. The van der Waals surface area contributed by atoms with Crippen molar-refractivity contribution >= 4 is 0 Å². The van der Waals surface area contributed by atoms with E-state index >= 15 is 0 Å². The molecule has 15 heavy (non-hydrogen) atoms. The van der Waals surface area contributed by atoms with Crippen molar-refractivity contribution in [2.24, 2.45) is 29.1 Å². The predicted molar refractivity (Wildman–Crippen MR) is 66.8 cm³/mol. The van der Waals surface area contributed by atoms with Crippen molar-refractivity contribution in [2.45, 2.75) is 66.2 Å². The van der Waals surface area contributed by atoms with E-state index in [9.17, 15) is 0 Å². The highest BCUT2D eigenvalue weighted by atomic mass is 14.6. The van der Waals surface area contributed by atoms with E-state index in [1.165, 1.54) is 25.7 Å². The van der Waals surface area contributed by atoms with Crippen molar-refractivity contribution in [3.63, 3.8) is 0 Å². The summed E-state index contributed by atoms with van der Waals surface area (Å²) in [6.45, 7) is 9.87. The maximum absolute atomic E-state index is 2.56. The van der Waals surface area contributed by atoms with E-state index in [2.05, 4.69) is 27.7 Å². The van der Waals surface area contributed by atoms with Crippen molar-refractivity contribution in [3.8, 4) is 0 Å². The normalized spacial score (nSPS) is 39.6. The molecule has 4 unspecified atom stereocenters. The number of hydrogen-bond donors (Lipinski definition) is 0. The lowest BCUT2D eigenvalue weighted by molar-refractivity contribution is 0.0624. The van der Waals surface area contributed by atoms with E-state index in [-0.39, 0.29) is 0 Å². The Bertz CT molecular complexity index is 216. The first-order valence-corrected chi connectivity index (χ1v) is 7.11. The summed E-state index contributed by atoms with van der Waals surface area (Å²) >= 11 is 0. The summed E-state index contributed by atoms with van der Waals surface area (Å²) in [5.74, 6) is 4.20. The van der Waals surface area contributed by atoms with Gasteiger partial charge in [-0.15, -0.1) is 0 Å². The lowest BCUT2D eigenvalue weighted by Gasteiger charge is -2.43.